The maximum Gasteiger partial charge on any atom is 0.313 e. The molecule has 32 heavy (non-hydrogen) atoms. The second kappa shape index (κ2) is 8.88. The maximum atomic E-state index is 12.8. The first kappa shape index (κ1) is 22.8. The fraction of sp³-hybridized carbons (Fsp3) is 0.438. The number of carboxylic acids is 1. The van der Waals surface area contributed by atoms with Crippen molar-refractivity contribution in [3.63, 3.8) is 0 Å². The number of nitrogens with two attached hydrogens (primary N) is 1. The van der Waals surface area contributed by atoms with Crippen LogP contribution in [-0.2, 0) is 21.4 Å². The lowest BCUT2D eigenvalue weighted by molar-refractivity contribution is -0.157. The number of thioether (sulfide) groups is 2. The van der Waals surface area contributed by atoms with Crippen LogP contribution < -0.4 is 11.1 Å². The molecule has 0 bridgehead atoms. The largest absolute Gasteiger partial charge is 0.481 e. The van der Waals surface area contributed by atoms with Gasteiger partial charge in [0.1, 0.15) is 16.8 Å². The molecule has 0 radical (unpaired) electrons. The van der Waals surface area contributed by atoms with E-state index < -0.39 is 23.3 Å². The number of rotatable bonds is 7. The van der Waals surface area contributed by atoms with Crippen molar-refractivity contribution in [2.24, 2.45) is 12.5 Å². The topological polar surface area (TPSA) is 169 Å². The number of nitrogens with one attached hydrogen (secondary N) is 1. The molecule has 0 saturated carbocycles. The average Bonchev–Trinajstić information content (AvgIpc) is 3.38. The summed E-state index contributed by atoms with van der Waals surface area (Å²) in [6, 6.07) is -0.780. The summed E-state index contributed by atoms with van der Waals surface area (Å²) < 4.78 is 1.46. The van der Waals surface area contributed by atoms with Gasteiger partial charge in [0.05, 0.1) is 11.3 Å². The highest BCUT2D eigenvalue weighted by Gasteiger charge is 2.57. The molecule has 0 aromatic carbocycles. The molecular formula is C16H17ClN8O4S3. The maximum absolute atomic E-state index is 12.8. The number of aromatic nitrogens is 5. The molecule has 12 nitrogen and oxygen atoms in total. The zero-order valence-electron chi connectivity index (χ0n) is 16.5. The van der Waals surface area contributed by atoms with Gasteiger partial charge in [-0.3, -0.25) is 14.4 Å². The predicted molar refractivity (Wildman–Crippen MR) is 120 cm³/mol. The summed E-state index contributed by atoms with van der Waals surface area (Å²) in [7, 11) is 1.66. The fourth-order valence-corrected chi connectivity index (χ4v) is 6.79. The van der Waals surface area contributed by atoms with Crippen LogP contribution in [0.4, 0.5) is 5.13 Å². The van der Waals surface area contributed by atoms with Crippen molar-refractivity contribution in [3.8, 4) is 0 Å². The van der Waals surface area contributed by atoms with E-state index in [1.165, 1.54) is 44.4 Å². The highest BCUT2D eigenvalue weighted by Crippen LogP contribution is 2.44. The number of amides is 2. The van der Waals surface area contributed by atoms with Gasteiger partial charge in [0.25, 0.3) is 5.91 Å². The molecule has 3 atom stereocenters. The van der Waals surface area contributed by atoms with Gasteiger partial charge in [0.15, 0.2) is 5.13 Å². The molecule has 2 aromatic heterocycles. The van der Waals surface area contributed by atoms with Crippen molar-refractivity contribution in [2.75, 3.05) is 23.8 Å². The molecule has 2 fully saturated rings. The lowest BCUT2D eigenvalue weighted by Crippen LogP contribution is -2.74. The van der Waals surface area contributed by atoms with Gasteiger partial charge in [-0.1, -0.05) is 23.4 Å². The Morgan fingerprint density at radius 1 is 1.53 bits per heavy atom. The van der Waals surface area contributed by atoms with E-state index in [2.05, 4.69) is 25.8 Å². The third-order valence-electron chi connectivity index (χ3n) is 5.10. The molecule has 2 amide bonds. The fourth-order valence-electron chi connectivity index (χ4n) is 3.30. The van der Waals surface area contributed by atoms with E-state index in [4.69, 9.17) is 17.3 Å². The third kappa shape index (κ3) is 4.04. The number of nitrogen functional groups attached to an aromatic ring is 1. The average molecular weight is 517 g/mol. The predicted octanol–water partition coefficient (Wildman–Crippen LogP) is 0.0917. The minimum Gasteiger partial charge on any atom is -0.481 e. The summed E-state index contributed by atoms with van der Waals surface area (Å²) >= 11 is 9.50. The number of hydrogen-bond acceptors (Lipinski definition) is 11. The highest BCUT2D eigenvalue weighted by atomic mass is 35.5. The minimum absolute atomic E-state index is 0.0320. The van der Waals surface area contributed by atoms with Gasteiger partial charge < -0.3 is 21.1 Å². The molecule has 2 saturated heterocycles. The standard InChI is InChI=1S/C16H17ClN8O4S3/c1-24-15(21-22-23-24)32-6-16(13(28)29)4-25-11(27)9(12(25)31-5-16)20-10(26)7(2-17)8-3-30-14(18)19-8/h2-3,9,12H,4-6H2,1H3,(H2,18,19)(H,20,26)(H,28,29)/t9?,12-,16?/m1/s1. The van der Waals surface area contributed by atoms with Crippen LogP contribution in [0, 0.1) is 5.41 Å². The van der Waals surface area contributed by atoms with Gasteiger partial charge in [-0.05, 0) is 10.4 Å². The first-order valence-corrected chi connectivity index (χ1v) is 12.4. The first-order valence-electron chi connectivity index (χ1n) is 9.09. The van der Waals surface area contributed by atoms with E-state index in [0.29, 0.717) is 10.9 Å². The Kier molecular flexibility index (Phi) is 6.33. The molecule has 4 rings (SSSR count). The number of aryl methyl sites for hydroxylation is 1. The van der Waals surface area contributed by atoms with Crippen LogP contribution in [0.3, 0.4) is 0 Å². The van der Waals surface area contributed by atoms with E-state index in [9.17, 15) is 19.5 Å². The molecule has 2 aliphatic heterocycles. The molecule has 16 heteroatoms. The Balaban J connectivity index is 1.42. The monoisotopic (exact) mass is 516 g/mol. The normalized spacial score (nSPS) is 25.2. The van der Waals surface area contributed by atoms with E-state index in [-0.39, 0.29) is 40.0 Å². The number of nitrogens with zero attached hydrogens (tertiary/aromatic N) is 6. The van der Waals surface area contributed by atoms with Crippen molar-refractivity contribution < 1.29 is 19.5 Å². The van der Waals surface area contributed by atoms with Gasteiger partial charge in [-0.25, -0.2) is 9.67 Å². The van der Waals surface area contributed by atoms with Crippen LogP contribution in [0.1, 0.15) is 5.69 Å². The summed E-state index contributed by atoms with van der Waals surface area (Å²) in [4.78, 5) is 43.1. The molecule has 0 spiro atoms. The van der Waals surface area contributed by atoms with Crippen molar-refractivity contribution in [1.29, 1.82) is 0 Å². The van der Waals surface area contributed by atoms with Crippen LogP contribution >= 0.6 is 46.5 Å². The molecule has 4 N–H and O–H groups in total. The molecule has 170 valence electrons. The number of thiazole rings is 1. The Morgan fingerprint density at radius 3 is 2.91 bits per heavy atom. The van der Waals surface area contributed by atoms with Crippen molar-refractivity contribution in [3.05, 3.63) is 16.6 Å². The Morgan fingerprint density at radius 2 is 2.31 bits per heavy atom. The van der Waals surface area contributed by atoms with Crippen LogP contribution in [-0.4, -0.2) is 82.4 Å². The second-order valence-corrected chi connectivity index (χ2v) is 10.3. The molecule has 2 aromatic rings. The van der Waals surface area contributed by atoms with Crippen LogP contribution in [0.2, 0.25) is 0 Å². The van der Waals surface area contributed by atoms with E-state index in [1.807, 2.05) is 0 Å². The number of anilines is 1. The van der Waals surface area contributed by atoms with Crippen LogP contribution in [0.25, 0.3) is 5.57 Å². The zero-order valence-corrected chi connectivity index (χ0v) is 19.7. The number of β-lactam (4-membered cyclic amide) rings is 1. The molecule has 2 aliphatic rings. The van der Waals surface area contributed by atoms with Crippen molar-refractivity contribution in [1.82, 2.24) is 35.4 Å². The molecule has 2 unspecified atom stereocenters. The lowest BCUT2D eigenvalue weighted by Gasteiger charge is -2.53. The quantitative estimate of drug-likeness (QED) is 0.259. The summed E-state index contributed by atoms with van der Waals surface area (Å²) in [6.45, 7) is 0.0320. The summed E-state index contributed by atoms with van der Waals surface area (Å²) in [5, 5.41) is 25.7. The second-order valence-electron chi connectivity index (χ2n) is 7.17. The molecule has 0 aliphatic carbocycles. The van der Waals surface area contributed by atoms with Gasteiger partial charge >= 0.3 is 5.97 Å². The van der Waals surface area contributed by atoms with Gasteiger partial charge in [0, 0.05) is 36.0 Å². The Hall–Kier alpha value is -2.36. The van der Waals surface area contributed by atoms with E-state index in [1.54, 1.807) is 12.4 Å². The third-order valence-corrected chi connectivity index (χ3v) is 8.88. The smallest absolute Gasteiger partial charge is 0.313 e. The number of hydrogen-bond donors (Lipinski definition) is 3. The van der Waals surface area contributed by atoms with Crippen LogP contribution in [0.5, 0.6) is 0 Å². The van der Waals surface area contributed by atoms with E-state index >= 15 is 0 Å². The Bertz CT molecular complexity index is 1110. The number of aliphatic carboxylic acids is 1. The summed E-state index contributed by atoms with van der Waals surface area (Å²) in [5.41, 5.74) is 5.95. The van der Waals surface area contributed by atoms with Crippen molar-refractivity contribution >= 4 is 74.9 Å². The lowest BCUT2D eigenvalue weighted by atomic mass is 9.89. The summed E-state index contributed by atoms with van der Waals surface area (Å²) in [6.07, 6.45) is 0. The highest BCUT2D eigenvalue weighted by molar-refractivity contribution is 8.00. The number of halogens is 1. The SMILES string of the molecule is Cn1nnnc1SCC1(C(=O)O)CS[C@@H]2C(NC(=O)C(=CCl)c3csc(N)n3)C(=O)N2C1. The number of carbonyl (C=O) groups is 3. The van der Waals surface area contributed by atoms with Gasteiger partial charge in [-0.2, -0.15) is 0 Å². The molecule has 4 heterocycles. The summed E-state index contributed by atoms with van der Waals surface area (Å²) in [5.74, 6) is -1.44. The number of fused-ring (bicyclic) bond motifs is 1. The van der Waals surface area contributed by atoms with Crippen LogP contribution in [0.15, 0.2) is 16.1 Å². The zero-order chi connectivity index (χ0) is 23.0. The minimum atomic E-state index is -1.16. The Labute approximate surface area is 198 Å². The number of carboxylic acid groups (broad SMARTS) is 1. The van der Waals surface area contributed by atoms with Gasteiger partial charge in [-0.15, -0.1) is 28.2 Å². The number of carbonyl (C=O) groups excluding carboxylic acids is 2. The first-order chi connectivity index (χ1) is 15.3. The van der Waals surface area contributed by atoms with Crippen molar-refractivity contribution in [2.45, 2.75) is 16.6 Å². The molecular weight excluding hydrogens is 500 g/mol. The van der Waals surface area contributed by atoms with E-state index in [0.717, 1.165) is 5.54 Å². The number of tetrazole rings is 1. The van der Waals surface area contributed by atoms with Gasteiger partial charge in [0.2, 0.25) is 11.1 Å².